The third kappa shape index (κ3) is 4.18. The zero-order valence-electron chi connectivity index (χ0n) is 13.9. The van der Waals surface area contributed by atoms with Crippen LogP contribution < -0.4 is 0 Å². The summed E-state index contributed by atoms with van der Waals surface area (Å²) in [4.78, 5) is 13.7. The van der Waals surface area contributed by atoms with E-state index < -0.39 is 11.7 Å². The molecule has 10 heteroatoms. The zero-order chi connectivity index (χ0) is 18.7. The first-order chi connectivity index (χ1) is 12.4. The van der Waals surface area contributed by atoms with Crippen molar-refractivity contribution in [3.8, 4) is 0 Å². The van der Waals surface area contributed by atoms with E-state index in [1.165, 1.54) is 22.5 Å². The van der Waals surface area contributed by atoms with E-state index in [2.05, 4.69) is 10.3 Å². The summed E-state index contributed by atoms with van der Waals surface area (Å²) in [5.74, 6) is 0.360. The Bertz CT molecular complexity index is 781. The Morgan fingerprint density at radius 1 is 1.38 bits per heavy atom. The Kier molecular flexibility index (Phi) is 5.52. The topological polar surface area (TPSA) is 60.2 Å². The van der Waals surface area contributed by atoms with Gasteiger partial charge in [0.25, 0.3) is 0 Å². The quantitative estimate of drug-likeness (QED) is 0.764. The van der Waals surface area contributed by atoms with Crippen LogP contribution in [0.3, 0.4) is 0 Å². The lowest BCUT2D eigenvalue weighted by atomic mass is 10.1. The fourth-order valence-electron chi connectivity index (χ4n) is 2.67. The van der Waals surface area contributed by atoms with Gasteiger partial charge in [0.15, 0.2) is 0 Å². The van der Waals surface area contributed by atoms with E-state index in [9.17, 15) is 18.0 Å². The normalized spacial score (nSPS) is 17.9. The Hall–Kier alpha value is -2.07. The summed E-state index contributed by atoms with van der Waals surface area (Å²) >= 11 is 1.44. The Labute approximate surface area is 152 Å². The highest BCUT2D eigenvalue weighted by Gasteiger charge is 2.34. The molecular formula is C16H17F3N4O2S. The monoisotopic (exact) mass is 386 g/mol. The van der Waals surface area contributed by atoms with Gasteiger partial charge in [0, 0.05) is 13.7 Å². The maximum atomic E-state index is 12.8. The Balaban J connectivity index is 1.73. The number of benzene rings is 1. The number of aromatic nitrogens is 3. The molecule has 1 saturated heterocycles. The SMILES string of the molecule is COCCN1C(=O)CSC1c1cn(Cc2cccc(C(F)(F)F)c2)nn1. The third-order valence-electron chi connectivity index (χ3n) is 3.91. The van der Waals surface area contributed by atoms with Crippen molar-refractivity contribution in [2.24, 2.45) is 0 Å². The first-order valence-electron chi connectivity index (χ1n) is 7.84. The molecule has 3 rings (SSSR count). The van der Waals surface area contributed by atoms with Gasteiger partial charge in [-0.15, -0.1) is 16.9 Å². The first-order valence-corrected chi connectivity index (χ1v) is 8.89. The molecule has 0 aliphatic carbocycles. The van der Waals surface area contributed by atoms with Crippen molar-refractivity contribution < 1.29 is 22.7 Å². The molecule has 1 fully saturated rings. The Morgan fingerprint density at radius 2 is 2.19 bits per heavy atom. The summed E-state index contributed by atoms with van der Waals surface area (Å²) in [7, 11) is 1.56. The molecule has 0 bridgehead atoms. The van der Waals surface area contributed by atoms with Gasteiger partial charge < -0.3 is 9.64 Å². The average Bonchev–Trinajstić information content (AvgIpc) is 3.19. The lowest BCUT2D eigenvalue weighted by Gasteiger charge is -2.21. The highest BCUT2D eigenvalue weighted by atomic mass is 32.2. The van der Waals surface area contributed by atoms with Crippen molar-refractivity contribution in [2.45, 2.75) is 18.1 Å². The van der Waals surface area contributed by atoms with Crippen LogP contribution in [-0.4, -0.2) is 51.8 Å². The lowest BCUT2D eigenvalue weighted by molar-refractivity contribution is -0.137. The lowest BCUT2D eigenvalue weighted by Crippen LogP contribution is -2.31. The molecule has 1 aliphatic rings. The van der Waals surface area contributed by atoms with Gasteiger partial charge in [-0.25, -0.2) is 4.68 Å². The minimum atomic E-state index is -4.38. The molecule has 0 spiro atoms. The van der Waals surface area contributed by atoms with Crippen molar-refractivity contribution in [1.29, 1.82) is 0 Å². The number of carbonyl (C=O) groups is 1. The third-order valence-corrected chi connectivity index (χ3v) is 5.14. The number of hydrogen-bond acceptors (Lipinski definition) is 5. The van der Waals surface area contributed by atoms with Crippen molar-refractivity contribution in [3.05, 3.63) is 47.3 Å². The number of rotatable bonds is 6. The van der Waals surface area contributed by atoms with Gasteiger partial charge in [-0.05, 0) is 17.7 Å². The summed E-state index contributed by atoms with van der Waals surface area (Å²) < 4.78 is 44.9. The first kappa shape index (κ1) is 18.7. The van der Waals surface area contributed by atoms with Gasteiger partial charge in [0.05, 0.1) is 30.7 Å². The predicted octanol–water partition coefficient (Wildman–Crippen LogP) is 2.57. The van der Waals surface area contributed by atoms with E-state index in [4.69, 9.17) is 4.74 Å². The summed E-state index contributed by atoms with van der Waals surface area (Å²) in [6.45, 7) is 1.04. The minimum absolute atomic E-state index is 0.00415. The van der Waals surface area contributed by atoms with Crippen molar-refractivity contribution >= 4 is 17.7 Å². The largest absolute Gasteiger partial charge is 0.416 e. The van der Waals surface area contributed by atoms with E-state index >= 15 is 0 Å². The van der Waals surface area contributed by atoms with Gasteiger partial charge in [-0.2, -0.15) is 13.2 Å². The molecule has 1 aromatic carbocycles. The summed E-state index contributed by atoms with van der Waals surface area (Å²) in [5.41, 5.74) is 0.379. The van der Waals surface area contributed by atoms with Crippen LogP contribution >= 0.6 is 11.8 Å². The second-order valence-electron chi connectivity index (χ2n) is 5.78. The van der Waals surface area contributed by atoms with Crippen LogP contribution in [0, 0.1) is 0 Å². The molecule has 1 unspecified atom stereocenters. The van der Waals surface area contributed by atoms with Gasteiger partial charge in [-0.3, -0.25) is 4.79 Å². The number of hydrogen-bond donors (Lipinski definition) is 0. The van der Waals surface area contributed by atoms with E-state index in [-0.39, 0.29) is 17.8 Å². The number of ether oxygens (including phenoxy) is 1. The van der Waals surface area contributed by atoms with Crippen LogP contribution in [0.5, 0.6) is 0 Å². The maximum Gasteiger partial charge on any atom is 0.416 e. The van der Waals surface area contributed by atoms with Crippen LogP contribution in [0.15, 0.2) is 30.5 Å². The number of alkyl halides is 3. The van der Waals surface area contributed by atoms with Crippen LogP contribution in [0.4, 0.5) is 13.2 Å². The molecule has 1 amide bonds. The summed E-state index contributed by atoms with van der Waals surface area (Å²) in [6.07, 6.45) is -2.72. The minimum Gasteiger partial charge on any atom is -0.383 e. The van der Waals surface area contributed by atoms with E-state index in [0.717, 1.165) is 12.1 Å². The fraction of sp³-hybridized carbons (Fsp3) is 0.438. The number of methoxy groups -OCH3 is 1. The second kappa shape index (κ2) is 7.67. The average molecular weight is 386 g/mol. The molecule has 6 nitrogen and oxygen atoms in total. The van der Waals surface area contributed by atoms with Gasteiger partial charge in [0.2, 0.25) is 5.91 Å². The molecule has 2 aromatic rings. The maximum absolute atomic E-state index is 12.8. The molecule has 1 aromatic heterocycles. The number of amides is 1. The van der Waals surface area contributed by atoms with Crippen molar-refractivity contribution in [1.82, 2.24) is 19.9 Å². The smallest absolute Gasteiger partial charge is 0.383 e. The van der Waals surface area contributed by atoms with Crippen molar-refractivity contribution in [2.75, 3.05) is 26.0 Å². The molecule has 0 N–H and O–H groups in total. The van der Waals surface area contributed by atoms with Gasteiger partial charge in [-0.1, -0.05) is 17.3 Å². The van der Waals surface area contributed by atoms with Crippen molar-refractivity contribution in [3.63, 3.8) is 0 Å². The molecule has 26 heavy (non-hydrogen) atoms. The predicted molar refractivity (Wildman–Crippen MR) is 89.4 cm³/mol. The number of nitrogens with zero attached hydrogens (tertiary/aromatic N) is 4. The molecular weight excluding hydrogens is 369 g/mol. The highest BCUT2D eigenvalue weighted by molar-refractivity contribution is 8.00. The fourth-order valence-corrected chi connectivity index (χ4v) is 3.82. The Morgan fingerprint density at radius 3 is 2.92 bits per heavy atom. The molecule has 140 valence electrons. The van der Waals surface area contributed by atoms with E-state index in [1.54, 1.807) is 24.3 Å². The standard InChI is InChI=1S/C16H17F3N4O2S/c1-25-6-5-23-14(24)10-26-15(23)13-9-22(21-20-13)8-11-3-2-4-12(7-11)16(17,18)19/h2-4,7,9,15H,5-6,8,10H2,1H3. The molecule has 2 heterocycles. The van der Waals surface area contributed by atoms with Crippen LogP contribution in [-0.2, 0) is 22.3 Å². The molecule has 0 radical (unpaired) electrons. The van der Waals surface area contributed by atoms with E-state index in [0.29, 0.717) is 30.2 Å². The highest BCUT2D eigenvalue weighted by Crippen LogP contribution is 2.37. The van der Waals surface area contributed by atoms with Gasteiger partial charge in [0.1, 0.15) is 11.1 Å². The van der Waals surface area contributed by atoms with Crippen LogP contribution in [0.25, 0.3) is 0 Å². The summed E-state index contributed by atoms with van der Waals surface area (Å²) in [6, 6.07) is 5.11. The number of thioether (sulfide) groups is 1. The second-order valence-corrected chi connectivity index (χ2v) is 6.85. The van der Waals surface area contributed by atoms with Crippen LogP contribution in [0.2, 0.25) is 0 Å². The van der Waals surface area contributed by atoms with Gasteiger partial charge >= 0.3 is 6.18 Å². The molecule has 1 atom stereocenters. The zero-order valence-corrected chi connectivity index (χ0v) is 14.8. The van der Waals surface area contributed by atoms with Crippen LogP contribution in [0.1, 0.15) is 22.2 Å². The molecule has 1 aliphatic heterocycles. The number of halogens is 3. The summed E-state index contributed by atoms with van der Waals surface area (Å²) in [5, 5.41) is 7.83. The number of carbonyl (C=O) groups excluding carboxylic acids is 1. The van der Waals surface area contributed by atoms with E-state index in [1.807, 2.05) is 0 Å². The molecule has 0 saturated carbocycles.